The topological polar surface area (TPSA) is 49.5 Å². The van der Waals surface area contributed by atoms with Crippen molar-refractivity contribution in [2.45, 2.75) is 65.0 Å². The number of aliphatic hydroxyl groups is 1. The maximum atomic E-state index is 9.64. The first-order chi connectivity index (χ1) is 8.36. The Morgan fingerprint density at radius 2 is 1.78 bits per heavy atom. The molecule has 2 atom stereocenters. The molecule has 1 rings (SSSR count). The average molecular weight is 256 g/mol. The summed E-state index contributed by atoms with van der Waals surface area (Å²) in [5, 5.41) is 9.64. The van der Waals surface area contributed by atoms with Gasteiger partial charge in [0.1, 0.15) is 0 Å². The van der Waals surface area contributed by atoms with Gasteiger partial charge in [0.25, 0.3) is 0 Å². The summed E-state index contributed by atoms with van der Waals surface area (Å²) in [5.74, 6) is 0.796. The lowest BCUT2D eigenvalue weighted by Gasteiger charge is -2.40. The molecule has 0 radical (unpaired) electrons. The van der Waals surface area contributed by atoms with Crippen molar-refractivity contribution < 1.29 is 5.11 Å². The molecule has 1 saturated carbocycles. The van der Waals surface area contributed by atoms with Gasteiger partial charge < -0.3 is 10.8 Å². The molecule has 0 aromatic carbocycles. The van der Waals surface area contributed by atoms with Gasteiger partial charge in [0.05, 0.1) is 6.61 Å². The molecular weight excluding hydrogens is 224 g/mol. The van der Waals surface area contributed by atoms with Crippen molar-refractivity contribution in [1.82, 2.24) is 4.90 Å². The van der Waals surface area contributed by atoms with Crippen LogP contribution in [-0.2, 0) is 0 Å². The predicted octanol–water partition coefficient (Wildman–Crippen LogP) is 2.23. The van der Waals surface area contributed by atoms with Gasteiger partial charge in [-0.25, -0.2) is 0 Å². The first-order valence-corrected chi connectivity index (χ1v) is 7.43. The Kier molecular flexibility index (Phi) is 6.09. The third kappa shape index (κ3) is 4.52. The van der Waals surface area contributed by atoms with Crippen LogP contribution in [-0.4, -0.2) is 42.3 Å². The van der Waals surface area contributed by atoms with Gasteiger partial charge in [-0.3, -0.25) is 4.90 Å². The van der Waals surface area contributed by atoms with E-state index < -0.39 is 0 Å². The molecule has 0 bridgehead atoms. The first kappa shape index (κ1) is 15.9. The molecule has 0 saturated heterocycles. The average Bonchev–Trinajstić information content (AvgIpc) is 2.29. The highest BCUT2D eigenvalue weighted by Crippen LogP contribution is 2.27. The maximum absolute atomic E-state index is 9.64. The second-order valence-corrected chi connectivity index (χ2v) is 7.09. The number of nitrogens with zero attached hydrogens (tertiary/aromatic N) is 1. The second kappa shape index (κ2) is 6.88. The molecule has 3 nitrogen and oxygen atoms in total. The highest BCUT2D eigenvalue weighted by molar-refractivity contribution is 4.89. The van der Waals surface area contributed by atoms with E-state index >= 15 is 0 Å². The lowest BCUT2D eigenvalue weighted by molar-refractivity contribution is 0.0732. The zero-order valence-corrected chi connectivity index (χ0v) is 12.7. The number of hydrogen-bond acceptors (Lipinski definition) is 3. The van der Waals surface area contributed by atoms with Gasteiger partial charge in [0.15, 0.2) is 0 Å². The molecule has 1 fully saturated rings. The van der Waals surface area contributed by atoms with Crippen LogP contribution in [0.3, 0.4) is 0 Å². The van der Waals surface area contributed by atoms with Crippen LogP contribution in [0.5, 0.6) is 0 Å². The van der Waals surface area contributed by atoms with E-state index in [9.17, 15) is 5.11 Å². The minimum atomic E-state index is 0.0103. The summed E-state index contributed by atoms with van der Waals surface area (Å²) in [4.78, 5) is 2.28. The molecule has 0 aromatic heterocycles. The van der Waals surface area contributed by atoms with E-state index in [-0.39, 0.29) is 24.1 Å². The van der Waals surface area contributed by atoms with Gasteiger partial charge in [-0.05, 0) is 31.2 Å². The van der Waals surface area contributed by atoms with Crippen LogP contribution in [0.1, 0.15) is 52.9 Å². The highest BCUT2D eigenvalue weighted by Gasteiger charge is 2.32. The van der Waals surface area contributed by atoms with Crippen LogP contribution in [0, 0.1) is 11.3 Å². The van der Waals surface area contributed by atoms with Crippen molar-refractivity contribution in [3.8, 4) is 0 Å². The van der Waals surface area contributed by atoms with Gasteiger partial charge in [-0.1, -0.05) is 40.0 Å². The molecule has 3 N–H and O–H groups in total. The molecule has 3 heteroatoms. The number of rotatable bonds is 5. The van der Waals surface area contributed by atoms with Gasteiger partial charge in [0.2, 0.25) is 0 Å². The zero-order valence-electron chi connectivity index (χ0n) is 12.7. The second-order valence-electron chi connectivity index (χ2n) is 7.09. The van der Waals surface area contributed by atoms with Crippen LogP contribution in [0.25, 0.3) is 0 Å². The van der Waals surface area contributed by atoms with E-state index in [0.29, 0.717) is 0 Å². The fraction of sp³-hybridized carbons (Fsp3) is 1.00. The molecule has 1 aliphatic carbocycles. The molecule has 18 heavy (non-hydrogen) atoms. The number of aliphatic hydroxyl groups excluding tert-OH is 1. The predicted molar refractivity (Wildman–Crippen MR) is 77.5 cm³/mol. The normalized spacial score (nSPS) is 22.2. The molecule has 0 aromatic rings. The summed E-state index contributed by atoms with van der Waals surface area (Å²) in [6.45, 7) is 7.68. The summed E-state index contributed by atoms with van der Waals surface area (Å²) in [5.41, 5.74) is 6.35. The van der Waals surface area contributed by atoms with Gasteiger partial charge in [0, 0.05) is 18.6 Å². The summed E-state index contributed by atoms with van der Waals surface area (Å²) < 4.78 is 0. The van der Waals surface area contributed by atoms with Crippen LogP contribution in [0.4, 0.5) is 0 Å². The van der Waals surface area contributed by atoms with Crippen molar-refractivity contribution in [1.29, 1.82) is 0 Å². The van der Waals surface area contributed by atoms with E-state index in [0.717, 1.165) is 12.5 Å². The van der Waals surface area contributed by atoms with Gasteiger partial charge in [-0.2, -0.15) is 0 Å². The Morgan fingerprint density at radius 1 is 1.22 bits per heavy atom. The Morgan fingerprint density at radius 3 is 2.22 bits per heavy atom. The molecule has 0 amide bonds. The van der Waals surface area contributed by atoms with Gasteiger partial charge >= 0.3 is 0 Å². The molecule has 0 spiro atoms. The van der Waals surface area contributed by atoms with Crippen LogP contribution in [0.2, 0.25) is 0 Å². The molecule has 108 valence electrons. The summed E-state index contributed by atoms with van der Waals surface area (Å²) in [6.07, 6.45) is 6.81. The highest BCUT2D eigenvalue weighted by atomic mass is 16.3. The van der Waals surface area contributed by atoms with E-state index in [4.69, 9.17) is 5.73 Å². The standard InChI is InChI=1S/C15H32N2O/c1-15(2,3)14(16)13(11-18)17(4)10-12-8-6-5-7-9-12/h12-14,18H,5-11,16H2,1-4H3. The summed E-state index contributed by atoms with van der Waals surface area (Å²) in [7, 11) is 2.11. The van der Waals surface area contributed by atoms with Crippen molar-refractivity contribution >= 4 is 0 Å². The van der Waals surface area contributed by atoms with Crippen molar-refractivity contribution in [3.05, 3.63) is 0 Å². The lowest BCUT2D eigenvalue weighted by atomic mass is 9.82. The largest absolute Gasteiger partial charge is 0.395 e. The smallest absolute Gasteiger partial charge is 0.0602 e. The molecule has 2 unspecified atom stereocenters. The molecule has 0 aliphatic heterocycles. The van der Waals surface area contributed by atoms with Crippen molar-refractivity contribution in [3.63, 3.8) is 0 Å². The monoisotopic (exact) mass is 256 g/mol. The lowest BCUT2D eigenvalue weighted by Crippen LogP contribution is -2.55. The SMILES string of the molecule is CN(CC1CCCCC1)C(CO)C(N)C(C)(C)C. The zero-order chi connectivity index (χ0) is 13.8. The van der Waals surface area contributed by atoms with Crippen LogP contribution >= 0.6 is 0 Å². The minimum Gasteiger partial charge on any atom is -0.395 e. The van der Waals surface area contributed by atoms with Crippen LogP contribution < -0.4 is 5.73 Å². The third-order valence-electron chi connectivity index (χ3n) is 4.44. The van der Waals surface area contributed by atoms with E-state index in [1.54, 1.807) is 0 Å². The van der Waals surface area contributed by atoms with Crippen LogP contribution in [0.15, 0.2) is 0 Å². The fourth-order valence-corrected chi connectivity index (χ4v) is 3.02. The molecular formula is C15H32N2O. The number of nitrogens with two attached hydrogens (primary N) is 1. The summed E-state index contributed by atoms with van der Waals surface area (Å²) >= 11 is 0. The molecule has 1 aliphatic rings. The van der Waals surface area contributed by atoms with E-state index in [2.05, 4.69) is 32.7 Å². The number of hydrogen-bond donors (Lipinski definition) is 2. The Balaban J connectivity index is 2.53. The van der Waals surface area contributed by atoms with Crippen molar-refractivity contribution in [2.75, 3.05) is 20.2 Å². The van der Waals surface area contributed by atoms with E-state index in [1.807, 2.05) is 0 Å². The maximum Gasteiger partial charge on any atom is 0.0602 e. The van der Waals surface area contributed by atoms with Gasteiger partial charge in [-0.15, -0.1) is 0 Å². The first-order valence-electron chi connectivity index (χ1n) is 7.43. The van der Waals surface area contributed by atoms with Crippen molar-refractivity contribution in [2.24, 2.45) is 17.1 Å². The third-order valence-corrected chi connectivity index (χ3v) is 4.44. The number of likely N-dealkylation sites (N-methyl/N-ethyl adjacent to an activating group) is 1. The van der Waals surface area contributed by atoms with E-state index in [1.165, 1.54) is 32.1 Å². The Hall–Kier alpha value is -0.120. The quantitative estimate of drug-likeness (QED) is 0.793. The Bertz CT molecular complexity index is 231. The molecule has 0 heterocycles. The minimum absolute atomic E-state index is 0.0103. The summed E-state index contributed by atoms with van der Waals surface area (Å²) in [6, 6.07) is 0.0861. The Labute approximate surface area is 113 Å². The fourth-order valence-electron chi connectivity index (χ4n) is 3.02.